The van der Waals surface area contributed by atoms with Gasteiger partial charge in [-0.05, 0) is 24.6 Å². The number of ether oxygens (including phenoxy) is 2. The van der Waals surface area contributed by atoms with E-state index in [0.29, 0.717) is 31.1 Å². The maximum Gasteiger partial charge on any atom is 0.196 e. The van der Waals surface area contributed by atoms with Crippen molar-refractivity contribution in [2.24, 2.45) is 0 Å². The first-order chi connectivity index (χ1) is 7.68. The summed E-state index contributed by atoms with van der Waals surface area (Å²) in [6.45, 7) is 2.82. The van der Waals surface area contributed by atoms with E-state index in [-0.39, 0.29) is 5.82 Å². The van der Waals surface area contributed by atoms with E-state index in [0.717, 1.165) is 5.56 Å². The molecule has 2 nitrogen and oxygen atoms in total. The molecule has 0 aromatic heterocycles. The number of hydrogen-bond donors (Lipinski definition) is 0. The standard InChI is InChI=1S/C12H14ClFO2/c1-9-8-10(2-3-11(9)14)12(4-5-13)15-6-7-16-12/h2-3,8H,4-7H2,1H3. The third-order valence-electron chi connectivity index (χ3n) is 2.78. The van der Waals surface area contributed by atoms with Crippen LogP contribution in [0, 0.1) is 12.7 Å². The molecule has 1 fully saturated rings. The largest absolute Gasteiger partial charge is 0.343 e. The fraction of sp³-hybridized carbons (Fsp3) is 0.500. The predicted molar refractivity (Wildman–Crippen MR) is 60.1 cm³/mol. The Kier molecular flexibility index (Phi) is 3.47. The first-order valence-electron chi connectivity index (χ1n) is 5.28. The highest BCUT2D eigenvalue weighted by molar-refractivity contribution is 6.17. The lowest BCUT2D eigenvalue weighted by atomic mass is 10.0. The fourth-order valence-electron chi connectivity index (χ4n) is 1.92. The highest BCUT2D eigenvalue weighted by Crippen LogP contribution is 2.35. The lowest BCUT2D eigenvalue weighted by Crippen LogP contribution is -2.27. The number of rotatable bonds is 3. The van der Waals surface area contributed by atoms with E-state index in [1.54, 1.807) is 19.1 Å². The maximum absolute atomic E-state index is 13.2. The van der Waals surface area contributed by atoms with Gasteiger partial charge in [0.15, 0.2) is 5.79 Å². The minimum Gasteiger partial charge on any atom is -0.343 e. The molecule has 4 heteroatoms. The van der Waals surface area contributed by atoms with Crippen LogP contribution in [0.3, 0.4) is 0 Å². The zero-order chi connectivity index (χ0) is 11.6. The van der Waals surface area contributed by atoms with E-state index >= 15 is 0 Å². The smallest absolute Gasteiger partial charge is 0.196 e. The Bertz CT molecular complexity index is 375. The Balaban J connectivity index is 2.35. The molecular formula is C12H14ClFO2. The molecule has 88 valence electrons. The minimum absolute atomic E-state index is 0.220. The van der Waals surface area contributed by atoms with Crippen LogP contribution in [-0.4, -0.2) is 19.1 Å². The summed E-state index contributed by atoms with van der Waals surface area (Å²) in [7, 11) is 0. The van der Waals surface area contributed by atoms with Gasteiger partial charge < -0.3 is 9.47 Å². The molecule has 1 aromatic rings. The summed E-state index contributed by atoms with van der Waals surface area (Å²) < 4.78 is 24.5. The Morgan fingerprint density at radius 2 is 2.06 bits per heavy atom. The van der Waals surface area contributed by atoms with Crippen LogP contribution in [0.2, 0.25) is 0 Å². The molecule has 0 saturated carbocycles. The molecule has 0 aliphatic carbocycles. The topological polar surface area (TPSA) is 18.5 Å². The quantitative estimate of drug-likeness (QED) is 0.761. The Labute approximate surface area is 99.3 Å². The van der Waals surface area contributed by atoms with Gasteiger partial charge in [0, 0.05) is 17.9 Å². The van der Waals surface area contributed by atoms with Crippen molar-refractivity contribution < 1.29 is 13.9 Å². The average molecular weight is 245 g/mol. The SMILES string of the molecule is Cc1cc(C2(CCCl)OCCO2)ccc1F. The van der Waals surface area contributed by atoms with Crippen molar-refractivity contribution in [3.05, 3.63) is 35.1 Å². The Morgan fingerprint density at radius 3 is 2.62 bits per heavy atom. The van der Waals surface area contributed by atoms with Gasteiger partial charge >= 0.3 is 0 Å². The molecule has 0 amide bonds. The average Bonchev–Trinajstić information content (AvgIpc) is 2.72. The van der Waals surface area contributed by atoms with E-state index < -0.39 is 5.79 Å². The molecule has 16 heavy (non-hydrogen) atoms. The van der Waals surface area contributed by atoms with Crippen molar-refractivity contribution in [1.82, 2.24) is 0 Å². The Hall–Kier alpha value is -0.640. The number of hydrogen-bond acceptors (Lipinski definition) is 2. The van der Waals surface area contributed by atoms with Crippen molar-refractivity contribution >= 4 is 11.6 Å². The molecule has 0 bridgehead atoms. The van der Waals surface area contributed by atoms with Crippen molar-refractivity contribution in [2.45, 2.75) is 19.1 Å². The lowest BCUT2D eigenvalue weighted by molar-refractivity contribution is -0.167. The van der Waals surface area contributed by atoms with Crippen LogP contribution in [0.5, 0.6) is 0 Å². The highest BCUT2D eigenvalue weighted by atomic mass is 35.5. The van der Waals surface area contributed by atoms with Gasteiger partial charge in [-0.25, -0.2) is 4.39 Å². The van der Waals surface area contributed by atoms with Crippen molar-refractivity contribution in [3.8, 4) is 0 Å². The highest BCUT2D eigenvalue weighted by Gasteiger charge is 2.38. The normalized spacial score (nSPS) is 18.9. The fourth-order valence-corrected chi connectivity index (χ4v) is 2.16. The predicted octanol–water partition coefficient (Wildman–Crippen LogP) is 2.96. The lowest BCUT2D eigenvalue weighted by Gasteiger charge is -2.27. The van der Waals surface area contributed by atoms with Crippen LogP contribution in [0.25, 0.3) is 0 Å². The molecule has 0 spiro atoms. The second kappa shape index (κ2) is 4.70. The molecule has 2 rings (SSSR count). The molecule has 1 aliphatic heterocycles. The summed E-state index contributed by atoms with van der Waals surface area (Å²) in [6, 6.07) is 4.89. The summed E-state index contributed by atoms with van der Waals surface area (Å²) in [5.41, 5.74) is 1.43. The second-order valence-corrected chi connectivity index (χ2v) is 4.23. The molecular weight excluding hydrogens is 231 g/mol. The number of halogens is 2. The number of aryl methyl sites for hydroxylation is 1. The van der Waals surface area contributed by atoms with Gasteiger partial charge in [-0.2, -0.15) is 0 Å². The van der Waals surface area contributed by atoms with E-state index in [1.165, 1.54) is 6.07 Å². The van der Waals surface area contributed by atoms with Crippen LogP contribution in [0.15, 0.2) is 18.2 Å². The van der Waals surface area contributed by atoms with Crippen LogP contribution in [0.4, 0.5) is 4.39 Å². The van der Waals surface area contributed by atoms with Crippen molar-refractivity contribution in [1.29, 1.82) is 0 Å². The first-order valence-corrected chi connectivity index (χ1v) is 5.82. The number of benzene rings is 1. The van der Waals surface area contributed by atoms with Gasteiger partial charge in [0.2, 0.25) is 0 Å². The molecule has 0 unspecified atom stereocenters. The first kappa shape index (κ1) is 11.8. The third kappa shape index (κ3) is 2.08. The van der Waals surface area contributed by atoms with Crippen LogP contribution in [-0.2, 0) is 15.3 Å². The number of alkyl halides is 1. The summed E-state index contributed by atoms with van der Waals surface area (Å²) in [6.07, 6.45) is 0.569. The molecule has 1 aromatic carbocycles. The maximum atomic E-state index is 13.2. The van der Waals surface area contributed by atoms with Gasteiger partial charge in [0.1, 0.15) is 5.82 Å². The molecule has 1 aliphatic rings. The summed E-state index contributed by atoms with van der Waals surface area (Å²) in [5, 5.41) is 0. The van der Waals surface area contributed by atoms with Gasteiger partial charge in [-0.3, -0.25) is 0 Å². The summed E-state index contributed by atoms with van der Waals surface area (Å²) in [5.74, 6) is -0.556. The van der Waals surface area contributed by atoms with E-state index in [1.807, 2.05) is 0 Å². The van der Waals surface area contributed by atoms with Crippen LogP contribution in [0.1, 0.15) is 17.5 Å². The van der Waals surface area contributed by atoms with Gasteiger partial charge in [0.05, 0.1) is 13.2 Å². The molecule has 0 radical (unpaired) electrons. The van der Waals surface area contributed by atoms with Crippen LogP contribution >= 0.6 is 11.6 Å². The van der Waals surface area contributed by atoms with Gasteiger partial charge in [0.25, 0.3) is 0 Å². The van der Waals surface area contributed by atoms with E-state index in [4.69, 9.17) is 21.1 Å². The summed E-state index contributed by atoms with van der Waals surface area (Å²) >= 11 is 5.76. The molecule has 1 saturated heterocycles. The minimum atomic E-state index is -0.778. The van der Waals surface area contributed by atoms with Crippen molar-refractivity contribution in [3.63, 3.8) is 0 Å². The molecule has 0 atom stereocenters. The molecule has 0 N–H and O–H groups in total. The van der Waals surface area contributed by atoms with Crippen LogP contribution < -0.4 is 0 Å². The van der Waals surface area contributed by atoms with Crippen molar-refractivity contribution in [2.75, 3.05) is 19.1 Å². The Morgan fingerprint density at radius 1 is 1.38 bits per heavy atom. The zero-order valence-corrected chi connectivity index (χ0v) is 9.89. The third-order valence-corrected chi connectivity index (χ3v) is 2.96. The zero-order valence-electron chi connectivity index (χ0n) is 9.13. The second-order valence-electron chi connectivity index (χ2n) is 3.85. The van der Waals surface area contributed by atoms with Gasteiger partial charge in [-0.15, -0.1) is 11.6 Å². The van der Waals surface area contributed by atoms with E-state index in [2.05, 4.69) is 0 Å². The molecule has 1 heterocycles. The van der Waals surface area contributed by atoms with Gasteiger partial charge in [-0.1, -0.05) is 6.07 Å². The monoisotopic (exact) mass is 244 g/mol. The summed E-state index contributed by atoms with van der Waals surface area (Å²) in [4.78, 5) is 0. The van der Waals surface area contributed by atoms with E-state index in [9.17, 15) is 4.39 Å².